The van der Waals surface area contributed by atoms with E-state index in [1.165, 1.54) is 7.11 Å². The fourth-order valence-corrected chi connectivity index (χ4v) is 2.73. The molecule has 1 aromatic carbocycles. The third-order valence-electron chi connectivity index (χ3n) is 2.99. The van der Waals surface area contributed by atoms with Crippen molar-refractivity contribution in [2.24, 2.45) is 0 Å². The van der Waals surface area contributed by atoms with Crippen LogP contribution < -0.4 is 0 Å². The highest BCUT2D eigenvalue weighted by Gasteiger charge is 2.14. The van der Waals surface area contributed by atoms with E-state index in [0.717, 1.165) is 9.13 Å². The normalized spacial score (nSPS) is 10.8. The summed E-state index contributed by atoms with van der Waals surface area (Å²) in [6, 6.07) is 8.92. The minimum Gasteiger partial charge on any atom is -0.465 e. The Kier molecular flexibility index (Phi) is 3.81. The molecule has 0 atom stereocenters. The maximum atomic E-state index is 11.6. The predicted molar refractivity (Wildman–Crippen MR) is 87.5 cm³/mol. The van der Waals surface area contributed by atoms with Crippen molar-refractivity contribution < 1.29 is 9.53 Å². The number of pyridine rings is 1. The number of fused-ring (bicyclic) bond motifs is 1. The van der Waals surface area contributed by atoms with Crippen LogP contribution >= 0.6 is 34.2 Å². The fourth-order valence-electron chi connectivity index (χ4n) is 1.98. The summed E-state index contributed by atoms with van der Waals surface area (Å²) in [4.78, 5) is 11.6. The second kappa shape index (κ2) is 5.61. The van der Waals surface area contributed by atoms with Gasteiger partial charge in [-0.1, -0.05) is 11.6 Å². The standard InChI is InChI=1S/C14H9ClIN3O2/c1-21-14(20)8-2-5-12-17-18-13(19(12)7-8)10-6-9(15)3-4-11(10)16/h2-7H,1H3. The largest absolute Gasteiger partial charge is 0.465 e. The number of nitrogens with zero attached hydrogens (tertiary/aromatic N) is 3. The van der Waals surface area contributed by atoms with Crippen LogP contribution in [0, 0.1) is 3.57 Å². The molecule has 7 heteroatoms. The highest BCUT2D eigenvalue weighted by molar-refractivity contribution is 14.1. The van der Waals surface area contributed by atoms with Crippen LogP contribution in [-0.2, 0) is 4.74 Å². The lowest BCUT2D eigenvalue weighted by atomic mass is 10.2. The molecule has 3 rings (SSSR count). The van der Waals surface area contributed by atoms with Crippen LogP contribution in [0.3, 0.4) is 0 Å². The zero-order valence-electron chi connectivity index (χ0n) is 10.9. The third-order valence-corrected chi connectivity index (χ3v) is 4.17. The second-order valence-electron chi connectivity index (χ2n) is 4.29. The van der Waals surface area contributed by atoms with E-state index in [9.17, 15) is 4.79 Å². The number of rotatable bonds is 2. The van der Waals surface area contributed by atoms with Crippen LogP contribution in [0.5, 0.6) is 0 Å². The van der Waals surface area contributed by atoms with Gasteiger partial charge in [0.1, 0.15) is 0 Å². The number of aromatic nitrogens is 3. The minimum absolute atomic E-state index is 0.405. The highest BCUT2D eigenvalue weighted by atomic mass is 127. The minimum atomic E-state index is -0.405. The van der Waals surface area contributed by atoms with Gasteiger partial charge in [0.25, 0.3) is 0 Å². The Balaban J connectivity index is 2.23. The van der Waals surface area contributed by atoms with E-state index < -0.39 is 5.97 Å². The number of methoxy groups -OCH3 is 1. The first-order chi connectivity index (χ1) is 10.1. The lowest BCUT2D eigenvalue weighted by molar-refractivity contribution is 0.0600. The number of carbonyl (C=O) groups excluding carboxylic acids is 1. The van der Waals surface area contributed by atoms with E-state index in [1.807, 2.05) is 18.2 Å². The van der Waals surface area contributed by atoms with E-state index in [2.05, 4.69) is 32.8 Å². The summed E-state index contributed by atoms with van der Waals surface area (Å²) in [5, 5.41) is 8.91. The van der Waals surface area contributed by atoms with Gasteiger partial charge < -0.3 is 4.74 Å². The molecular formula is C14H9ClIN3O2. The molecule has 2 heterocycles. The van der Waals surface area contributed by atoms with Crippen LogP contribution in [0.4, 0.5) is 0 Å². The molecule has 21 heavy (non-hydrogen) atoms. The summed E-state index contributed by atoms with van der Waals surface area (Å²) in [6.45, 7) is 0. The molecule has 0 aliphatic carbocycles. The van der Waals surface area contributed by atoms with Crippen molar-refractivity contribution in [3.8, 4) is 11.4 Å². The molecule has 0 radical (unpaired) electrons. The number of esters is 1. The fraction of sp³-hybridized carbons (Fsp3) is 0.0714. The molecular weight excluding hydrogens is 405 g/mol. The first-order valence-corrected chi connectivity index (χ1v) is 7.44. The van der Waals surface area contributed by atoms with Gasteiger partial charge in [-0.2, -0.15) is 0 Å². The SMILES string of the molecule is COC(=O)c1ccc2nnc(-c3cc(Cl)ccc3I)n2c1. The maximum absolute atomic E-state index is 11.6. The Hall–Kier alpha value is -1.67. The molecule has 106 valence electrons. The van der Waals surface area contributed by atoms with Crippen LogP contribution in [0.1, 0.15) is 10.4 Å². The van der Waals surface area contributed by atoms with E-state index in [1.54, 1.807) is 22.7 Å². The number of carbonyl (C=O) groups is 1. The van der Waals surface area contributed by atoms with Crippen molar-refractivity contribution in [1.82, 2.24) is 14.6 Å². The topological polar surface area (TPSA) is 56.5 Å². The molecule has 5 nitrogen and oxygen atoms in total. The van der Waals surface area contributed by atoms with Gasteiger partial charge in [0.2, 0.25) is 0 Å². The summed E-state index contributed by atoms with van der Waals surface area (Å²) in [5.41, 5.74) is 1.94. The summed E-state index contributed by atoms with van der Waals surface area (Å²) in [6.07, 6.45) is 1.66. The maximum Gasteiger partial charge on any atom is 0.339 e. The van der Waals surface area contributed by atoms with Gasteiger partial charge >= 0.3 is 5.97 Å². The summed E-state index contributed by atoms with van der Waals surface area (Å²) in [7, 11) is 1.35. The second-order valence-corrected chi connectivity index (χ2v) is 5.88. The Bertz CT molecular complexity index is 847. The molecule has 0 N–H and O–H groups in total. The quantitative estimate of drug-likeness (QED) is 0.477. The van der Waals surface area contributed by atoms with E-state index >= 15 is 0 Å². The summed E-state index contributed by atoms with van der Waals surface area (Å²) >= 11 is 8.26. The Morgan fingerprint density at radius 3 is 2.86 bits per heavy atom. The number of hydrogen-bond acceptors (Lipinski definition) is 4. The highest BCUT2D eigenvalue weighted by Crippen LogP contribution is 2.27. The van der Waals surface area contributed by atoms with Crippen LogP contribution in [0.15, 0.2) is 36.5 Å². The van der Waals surface area contributed by atoms with Crippen molar-refractivity contribution in [2.75, 3.05) is 7.11 Å². The van der Waals surface area contributed by atoms with Crippen LogP contribution in [0.2, 0.25) is 5.02 Å². The van der Waals surface area contributed by atoms with Gasteiger partial charge in [-0.15, -0.1) is 10.2 Å². The molecule has 0 amide bonds. The van der Waals surface area contributed by atoms with Gasteiger partial charge in [-0.3, -0.25) is 4.40 Å². The Morgan fingerprint density at radius 1 is 1.29 bits per heavy atom. The van der Waals surface area contributed by atoms with Crippen molar-refractivity contribution in [2.45, 2.75) is 0 Å². The average molecular weight is 414 g/mol. The van der Waals surface area contributed by atoms with Crippen LogP contribution in [-0.4, -0.2) is 27.7 Å². The van der Waals surface area contributed by atoms with Gasteiger partial charge in [0.15, 0.2) is 11.5 Å². The van der Waals surface area contributed by atoms with Gasteiger partial charge in [-0.25, -0.2) is 4.79 Å². The molecule has 0 aliphatic rings. The predicted octanol–water partition coefficient (Wildman–Crippen LogP) is 3.44. The van der Waals surface area contributed by atoms with E-state index in [4.69, 9.17) is 16.3 Å². The lowest BCUT2D eigenvalue weighted by Crippen LogP contribution is -2.03. The summed E-state index contributed by atoms with van der Waals surface area (Å²) in [5.74, 6) is 0.222. The van der Waals surface area contributed by atoms with Crippen LogP contribution in [0.25, 0.3) is 17.0 Å². The molecule has 0 aliphatic heterocycles. The van der Waals surface area contributed by atoms with E-state index in [-0.39, 0.29) is 0 Å². The molecule has 3 aromatic rings. The molecule has 0 spiro atoms. The molecule has 0 saturated carbocycles. The third kappa shape index (κ3) is 2.60. The lowest BCUT2D eigenvalue weighted by Gasteiger charge is -2.05. The molecule has 0 bridgehead atoms. The molecule has 0 saturated heterocycles. The van der Waals surface area contributed by atoms with Crippen molar-refractivity contribution in [1.29, 1.82) is 0 Å². The van der Waals surface area contributed by atoms with Gasteiger partial charge in [0, 0.05) is 20.4 Å². The van der Waals surface area contributed by atoms with Crippen molar-refractivity contribution in [3.05, 3.63) is 50.7 Å². The number of hydrogen-bond donors (Lipinski definition) is 0. The van der Waals surface area contributed by atoms with E-state index in [0.29, 0.717) is 22.1 Å². The average Bonchev–Trinajstić information content (AvgIpc) is 2.91. The van der Waals surface area contributed by atoms with Crippen molar-refractivity contribution >= 4 is 45.8 Å². The zero-order chi connectivity index (χ0) is 15.0. The number of halogens is 2. The number of benzene rings is 1. The Morgan fingerprint density at radius 2 is 2.10 bits per heavy atom. The smallest absolute Gasteiger partial charge is 0.339 e. The van der Waals surface area contributed by atoms with Gasteiger partial charge in [-0.05, 0) is 52.9 Å². The Labute approximate surface area is 139 Å². The first kappa shape index (κ1) is 14.3. The number of ether oxygens (including phenoxy) is 1. The molecule has 0 fully saturated rings. The molecule has 0 unspecified atom stereocenters. The monoisotopic (exact) mass is 413 g/mol. The summed E-state index contributed by atoms with van der Waals surface area (Å²) < 4.78 is 7.48. The van der Waals surface area contributed by atoms with Crippen molar-refractivity contribution in [3.63, 3.8) is 0 Å². The molecule has 2 aromatic heterocycles. The zero-order valence-corrected chi connectivity index (χ0v) is 13.8. The first-order valence-electron chi connectivity index (χ1n) is 5.98. The van der Waals surface area contributed by atoms with Gasteiger partial charge in [0.05, 0.1) is 12.7 Å².